The first-order chi connectivity index (χ1) is 8.54. The molecule has 0 aromatic carbocycles. The van der Waals surface area contributed by atoms with Crippen LogP contribution in [0.2, 0.25) is 5.02 Å². The second-order valence-electron chi connectivity index (χ2n) is 4.87. The third-order valence-corrected chi connectivity index (χ3v) is 3.13. The molecule has 0 aliphatic carbocycles. The van der Waals surface area contributed by atoms with Crippen LogP contribution in [0.3, 0.4) is 0 Å². The highest BCUT2D eigenvalue weighted by molar-refractivity contribution is 6.31. The van der Waals surface area contributed by atoms with Gasteiger partial charge in [-0.15, -0.1) is 0 Å². The van der Waals surface area contributed by atoms with Gasteiger partial charge in [-0.2, -0.15) is 0 Å². The van der Waals surface area contributed by atoms with Crippen LogP contribution in [0.1, 0.15) is 39.7 Å². The maximum absolute atomic E-state index is 6.18. The smallest absolute Gasteiger partial charge is 0.232 e. The molecule has 0 aliphatic heterocycles. The van der Waals surface area contributed by atoms with E-state index in [1.165, 1.54) is 0 Å². The SMILES string of the molecule is CCCNCc1cnc(OC(C)C(C)C)c(Cl)c1. The van der Waals surface area contributed by atoms with Crippen molar-refractivity contribution in [3.63, 3.8) is 0 Å². The van der Waals surface area contributed by atoms with E-state index in [0.29, 0.717) is 16.8 Å². The Hall–Kier alpha value is -0.800. The van der Waals surface area contributed by atoms with Crippen LogP contribution in [0, 0.1) is 5.92 Å². The molecule has 1 N–H and O–H groups in total. The summed E-state index contributed by atoms with van der Waals surface area (Å²) in [4.78, 5) is 4.29. The molecule has 0 spiro atoms. The van der Waals surface area contributed by atoms with Crippen LogP contribution in [-0.2, 0) is 6.54 Å². The molecule has 1 rings (SSSR count). The molecule has 0 fully saturated rings. The molecular formula is C14H23ClN2O. The number of pyridine rings is 1. The summed E-state index contributed by atoms with van der Waals surface area (Å²) in [5.41, 5.74) is 1.08. The van der Waals surface area contributed by atoms with Gasteiger partial charge in [0.2, 0.25) is 5.88 Å². The summed E-state index contributed by atoms with van der Waals surface area (Å²) < 4.78 is 5.72. The monoisotopic (exact) mass is 270 g/mol. The summed E-state index contributed by atoms with van der Waals surface area (Å²) in [7, 11) is 0. The van der Waals surface area contributed by atoms with Crippen LogP contribution in [0.25, 0.3) is 0 Å². The quantitative estimate of drug-likeness (QED) is 0.768. The van der Waals surface area contributed by atoms with E-state index < -0.39 is 0 Å². The molecule has 0 amide bonds. The minimum atomic E-state index is 0.110. The average molecular weight is 271 g/mol. The molecule has 4 heteroatoms. The fourth-order valence-electron chi connectivity index (χ4n) is 1.37. The topological polar surface area (TPSA) is 34.2 Å². The summed E-state index contributed by atoms with van der Waals surface area (Å²) in [6.07, 6.45) is 3.05. The van der Waals surface area contributed by atoms with Crippen LogP contribution in [0.5, 0.6) is 5.88 Å². The molecule has 3 nitrogen and oxygen atoms in total. The van der Waals surface area contributed by atoms with Crippen LogP contribution >= 0.6 is 11.6 Å². The lowest BCUT2D eigenvalue weighted by Gasteiger charge is -2.18. The van der Waals surface area contributed by atoms with Crippen molar-refractivity contribution in [2.75, 3.05) is 6.54 Å². The van der Waals surface area contributed by atoms with Crippen LogP contribution in [0.15, 0.2) is 12.3 Å². The van der Waals surface area contributed by atoms with Crippen molar-refractivity contribution in [3.05, 3.63) is 22.8 Å². The molecule has 1 aromatic heterocycles. The van der Waals surface area contributed by atoms with E-state index in [-0.39, 0.29) is 6.10 Å². The fraction of sp³-hybridized carbons (Fsp3) is 0.643. The molecule has 18 heavy (non-hydrogen) atoms. The molecule has 1 heterocycles. The zero-order chi connectivity index (χ0) is 13.5. The second-order valence-corrected chi connectivity index (χ2v) is 5.28. The van der Waals surface area contributed by atoms with Crippen molar-refractivity contribution in [2.24, 2.45) is 5.92 Å². The summed E-state index contributed by atoms with van der Waals surface area (Å²) in [5, 5.41) is 3.90. The van der Waals surface area contributed by atoms with Gasteiger partial charge in [0.25, 0.3) is 0 Å². The third kappa shape index (κ3) is 4.83. The normalized spacial score (nSPS) is 12.8. The molecule has 1 unspecified atom stereocenters. The largest absolute Gasteiger partial charge is 0.473 e. The Balaban J connectivity index is 2.62. The Morgan fingerprint density at radius 1 is 1.39 bits per heavy atom. The maximum atomic E-state index is 6.18. The van der Waals surface area contributed by atoms with Gasteiger partial charge in [0, 0.05) is 12.7 Å². The van der Waals surface area contributed by atoms with Crippen molar-refractivity contribution in [1.82, 2.24) is 10.3 Å². The highest BCUT2D eigenvalue weighted by Crippen LogP contribution is 2.24. The first-order valence-electron chi connectivity index (χ1n) is 6.56. The van der Waals surface area contributed by atoms with E-state index in [1.807, 2.05) is 19.2 Å². The molecular weight excluding hydrogens is 248 g/mol. The standard InChI is InChI=1S/C14H23ClN2O/c1-5-6-16-8-12-7-13(15)14(17-9-12)18-11(4)10(2)3/h7,9-11,16H,5-6,8H2,1-4H3. The number of hydrogen-bond acceptors (Lipinski definition) is 3. The summed E-state index contributed by atoms with van der Waals surface area (Å²) in [6.45, 7) is 10.2. The molecule has 102 valence electrons. The van der Waals surface area contributed by atoms with Gasteiger partial charge < -0.3 is 10.1 Å². The first kappa shape index (κ1) is 15.3. The molecule has 0 saturated heterocycles. The molecule has 1 aromatic rings. The number of ether oxygens (including phenoxy) is 1. The first-order valence-corrected chi connectivity index (χ1v) is 6.94. The minimum Gasteiger partial charge on any atom is -0.473 e. The molecule has 0 radical (unpaired) electrons. The van der Waals surface area contributed by atoms with Gasteiger partial charge in [-0.25, -0.2) is 4.98 Å². The summed E-state index contributed by atoms with van der Waals surface area (Å²) >= 11 is 6.18. The van der Waals surface area contributed by atoms with Gasteiger partial charge in [0.15, 0.2) is 0 Å². The van der Waals surface area contributed by atoms with Crippen LogP contribution in [-0.4, -0.2) is 17.6 Å². The highest BCUT2D eigenvalue weighted by Gasteiger charge is 2.12. The molecule has 0 saturated carbocycles. The Morgan fingerprint density at radius 3 is 2.67 bits per heavy atom. The number of hydrogen-bond donors (Lipinski definition) is 1. The third-order valence-electron chi connectivity index (χ3n) is 2.86. The van der Waals surface area contributed by atoms with Crippen molar-refractivity contribution in [2.45, 2.75) is 46.8 Å². The number of rotatable bonds is 7. The van der Waals surface area contributed by atoms with Crippen molar-refractivity contribution in [3.8, 4) is 5.88 Å². The van der Waals surface area contributed by atoms with Gasteiger partial charge in [-0.3, -0.25) is 0 Å². The van der Waals surface area contributed by atoms with Gasteiger partial charge >= 0.3 is 0 Å². The zero-order valence-electron chi connectivity index (χ0n) is 11.7. The molecule has 1 atom stereocenters. The molecule has 0 bridgehead atoms. The minimum absolute atomic E-state index is 0.110. The lowest BCUT2D eigenvalue weighted by molar-refractivity contribution is 0.163. The van der Waals surface area contributed by atoms with E-state index in [0.717, 1.165) is 25.1 Å². The summed E-state index contributed by atoms with van der Waals surface area (Å²) in [5.74, 6) is 0.964. The predicted molar refractivity (Wildman–Crippen MR) is 76.2 cm³/mol. The lowest BCUT2D eigenvalue weighted by Crippen LogP contribution is -2.19. The van der Waals surface area contributed by atoms with Gasteiger partial charge in [-0.05, 0) is 37.4 Å². The van der Waals surface area contributed by atoms with E-state index >= 15 is 0 Å². The number of nitrogens with zero attached hydrogens (tertiary/aromatic N) is 1. The Kier molecular flexibility index (Phi) is 6.44. The Labute approximate surface area is 115 Å². The second kappa shape index (κ2) is 7.59. The van der Waals surface area contributed by atoms with E-state index in [9.17, 15) is 0 Å². The number of aromatic nitrogens is 1. The van der Waals surface area contributed by atoms with Crippen molar-refractivity contribution < 1.29 is 4.74 Å². The lowest BCUT2D eigenvalue weighted by atomic mass is 10.1. The Morgan fingerprint density at radius 2 is 2.11 bits per heavy atom. The number of nitrogens with one attached hydrogen (secondary N) is 1. The van der Waals surface area contributed by atoms with E-state index in [1.54, 1.807) is 0 Å². The van der Waals surface area contributed by atoms with Gasteiger partial charge in [0.05, 0.1) is 6.10 Å². The number of halogens is 1. The fourth-order valence-corrected chi connectivity index (χ4v) is 1.60. The summed E-state index contributed by atoms with van der Waals surface area (Å²) in [6, 6.07) is 1.92. The van der Waals surface area contributed by atoms with E-state index in [2.05, 4.69) is 31.1 Å². The highest BCUT2D eigenvalue weighted by atomic mass is 35.5. The maximum Gasteiger partial charge on any atom is 0.232 e. The van der Waals surface area contributed by atoms with Gasteiger partial charge in [0.1, 0.15) is 5.02 Å². The van der Waals surface area contributed by atoms with Crippen molar-refractivity contribution in [1.29, 1.82) is 0 Å². The predicted octanol–water partition coefficient (Wildman–Crippen LogP) is 3.66. The van der Waals surface area contributed by atoms with Crippen LogP contribution in [0.4, 0.5) is 0 Å². The average Bonchev–Trinajstić information content (AvgIpc) is 2.32. The zero-order valence-corrected chi connectivity index (χ0v) is 12.4. The van der Waals surface area contributed by atoms with E-state index in [4.69, 9.17) is 16.3 Å². The Bertz CT molecular complexity index is 369. The van der Waals surface area contributed by atoms with Crippen molar-refractivity contribution >= 4 is 11.6 Å². The van der Waals surface area contributed by atoms with Crippen LogP contribution < -0.4 is 10.1 Å². The van der Waals surface area contributed by atoms with Gasteiger partial charge in [-0.1, -0.05) is 32.4 Å². The molecule has 0 aliphatic rings.